The Kier molecular flexibility index (Phi) is 1.29. The third kappa shape index (κ3) is 1.02. The molecule has 5 nitrogen and oxygen atoms in total. The summed E-state index contributed by atoms with van der Waals surface area (Å²) in [4.78, 5) is 15.5. The monoisotopic (exact) mass is 190 g/mol. The largest absolute Gasteiger partial charge is 0.383 e. The lowest BCUT2D eigenvalue weighted by Crippen LogP contribution is -2.15. The summed E-state index contributed by atoms with van der Waals surface area (Å²) in [7, 11) is 0. The highest BCUT2D eigenvalue weighted by Gasteiger charge is 2.25. The molecule has 0 radical (unpaired) electrons. The van der Waals surface area contributed by atoms with Crippen molar-refractivity contribution in [2.45, 2.75) is 18.8 Å². The topological polar surface area (TPSA) is 76.2 Å². The molecule has 1 saturated carbocycles. The average Bonchev–Trinajstić information content (AvgIpc) is 2.87. The Morgan fingerprint density at radius 1 is 1.50 bits per heavy atom. The molecule has 0 atom stereocenters. The Hall–Kier alpha value is -1.78. The van der Waals surface area contributed by atoms with Gasteiger partial charge in [0.25, 0.3) is 5.56 Å². The van der Waals surface area contributed by atoms with Crippen molar-refractivity contribution < 1.29 is 0 Å². The Morgan fingerprint density at radius 3 is 3.00 bits per heavy atom. The summed E-state index contributed by atoms with van der Waals surface area (Å²) in [5.41, 5.74) is 7.03. The molecule has 3 N–H and O–H groups in total. The molecule has 2 aromatic heterocycles. The number of aromatic amines is 1. The smallest absolute Gasteiger partial charge is 0.274 e. The zero-order chi connectivity index (χ0) is 9.71. The van der Waals surface area contributed by atoms with Gasteiger partial charge >= 0.3 is 0 Å². The van der Waals surface area contributed by atoms with Gasteiger partial charge in [-0.05, 0) is 12.8 Å². The van der Waals surface area contributed by atoms with Gasteiger partial charge in [0.2, 0.25) is 0 Å². The molecule has 0 unspecified atom stereocenters. The van der Waals surface area contributed by atoms with Gasteiger partial charge in [-0.3, -0.25) is 9.89 Å². The van der Waals surface area contributed by atoms with Gasteiger partial charge in [0.05, 0.1) is 0 Å². The molecule has 0 aliphatic heterocycles. The fraction of sp³-hybridized carbons (Fsp3) is 0.333. The Labute approximate surface area is 79.5 Å². The van der Waals surface area contributed by atoms with Crippen molar-refractivity contribution in [2.24, 2.45) is 0 Å². The van der Waals surface area contributed by atoms with Crippen LogP contribution in [0.4, 0.5) is 5.82 Å². The molecular formula is C9H10N4O. The van der Waals surface area contributed by atoms with Gasteiger partial charge in [0.15, 0.2) is 5.65 Å². The van der Waals surface area contributed by atoms with Crippen molar-refractivity contribution in [2.75, 3.05) is 5.73 Å². The van der Waals surface area contributed by atoms with Gasteiger partial charge in [-0.1, -0.05) is 0 Å². The van der Waals surface area contributed by atoms with Crippen molar-refractivity contribution in [1.82, 2.24) is 14.6 Å². The van der Waals surface area contributed by atoms with E-state index < -0.39 is 0 Å². The number of nitrogens with two attached hydrogens (primary N) is 1. The lowest BCUT2D eigenvalue weighted by molar-refractivity contribution is 0.855. The maximum atomic E-state index is 11.5. The second-order valence-corrected chi connectivity index (χ2v) is 3.70. The quantitative estimate of drug-likeness (QED) is 0.686. The minimum Gasteiger partial charge on any atom is -0.383 e. The molecule has 5 heteroatoms. The number of hydrogen-bond donors (Lipinski definition) is 2. The lowest BCUT2D eigenvalue weighted by atomic mass is 10.3. The van der Waals surface area contributed by atoms with Crippen LogP contribution in [0.1, 0.15) is 24.5 Å². The maximum Gasteiger partial charge on any atom is 0.274 e. The molecule has 1 aliphatic rings. The van der Waals surface area contributed by atoms with E-state index in [4.69, 9.17) is 5.73 Å². The number of nitrogen functional groups attached to an aromatic ring is 1. The van der Waals surface area contributed by atoms with Crippen molar-refractivity contribution in [3.63, 3.8) is 0 Å². The van der Waals surface area contributed by atoms with Gasteiger partial charge in [-0.25, -0.2) is 9.50 Å². The predicted molar refractivity (Wildman–Crippen MR) is 52.2 cm³/mol. The highest BCUT2D eigenvalue weighted by molar-refractivity contribution is 5.45. The minimum absolute atomic E-state index is 0.153. The van der Waals surface area contributed by atoms with Crippen LogP contribution in [0, 0.1) is 0 Å². The Morgan fingerprint density at radius 2 is 2.29 bits per heavy atom. The molecule has 0 spiro atoms. The lowest BCUT2D eigenvalue weighted by Gasteiger charge is -1.92. The Bertz CT molecular complexity index is 549. The summed E-state index contributed by atoms with van der Waals surface area (Å²) >= 11 is 0. The van der Waals surface area contributed by atoms with Gasteiger partial charge < -0.3 is 5.73 Å². The summed E-state index contributed by atoms with van der Waals surface area (Å²) in [5.74, 6) is 0.855. The number of H-pyrrole nitrogens is 1. The van der Waals surface area contributed by atoms with Crippen molar-refractivity contribution in [1.29, 1.82) is 0 Å². The molecule has 2 heterocycles. The molecule has 0 bridgehead atoms. The molecule has 14 heavy (non-hydrogen) atoms. The maximum absolute atomic E-state index is 11.5. The third-order valence-corrected chi connectivity index (χ3v) is 2.51. The number of rotatable bonds is 1. The standard InChI is InChI=1S/C9H10N4O/c10-7-4-9(14)13-8(11-7)3-6(12-13)5-1-2-5/h3-5,12H,1-2,10H2. The van der Waals surface area contributed by atoms with E-state index in [1.807, 2.05) is 6.07 Å². The van der Waals surface area contributed by atoms with Crippen LogP contribution in [0.5, 0.6) is 0 Å². The second-order valence-electron chi connectivity index (χ2n) is 3.70. The first-order valence-corrected chi connectivity index (χ1v) is 4.62. The SMILES string of the molecule is Nc1cc(=O)n2[nH]c(C3CC3)cc2n1. The van der Waals surface area contributed by atoms with E-state index in [1.54, 1.807) is 0 Å². The van der Waals surface area contributed by atoms with Gasteiger partial charge in [-0.2, -0.15) is 0 Å². The first-order valence-electron chi connectivity index (χ1n) is 4.62. The van der Waals surface area contributed by atoms with E-state index >= 15 is 0 Å². The summed E-state index contributed by atoms with van der Waals surface area (Å²) in [6.45, 7) is 0. The number of aromatic nitrogens is 3. The minimum atomic E-state index is -0.153. The van der Waals surface area contributed by atoms with Crippen LogP contribution in [-0.4, -0.2) is 14.6 Å². The number of hydrogen-bond acceptors (Lipinski definition) is 3. The van der Waals surface area contributed by atoms with Crippen molar-refractivity contribution in [3.05, 3.63) is 28.2 Å². The second kappa shape index (κ2) is 2.37. The van der Waals surface area contributed by atoms with Crippen LogP contribution < -0.4 is 11.3 Å². The molecule has 1 aliphatic carbocycles. The van der Waals surface area contributed by atoms with Crippen molar-refractivity contribution >= 4 is 11.5 Å². The zero-order valence-corrected chi connectivity index (χ0v) is 7.53. The van der Waals surface area contributed by atoms with Crippen LogP contribution in [0.15, 0.2) is 16.9 Å². The molecule has 0 amide bonds. The van der Waals surface area contributed by atoms with Crippen LogP contribution >= 0.6 is 0 Å². The first-order chi connectivity index (χ1) is 6.74. The van der Waals surface area contributed by atoms with Gasteiger partial charge in [-0.15, -0.1) is 0 Å². The fourth-order valence-corrected chi connectivity index (χ4v) is 1.63. The summed E-state index contributed by atoms with van der Waals surface area (Å²) in [6.07, 6.45) is 2.38. The van der Waals surface area contributed by atoms with E-state index in [0.717, 1.165) is 5.69 Å². The molecule has 72 valence electrons. The highest BCUT2D eigenvalue weighted by Crippen LogP contribution is 2.39. The van der Waals surface area contributed by atoms with Crippen LogP contribution in [-0.2, 0) is 0 Å². The van der Waals surface area contributed by atoms with Crippen molar-refractivity contribution in [3.8, 4) is 0 Å². The predicted octanol–water partition coefficient (Wildman–Crippen LogP) is 0.482. The molecule has 0 aromatic carbocycles. The molecule has 2 aromatic rings. The van der Waals surface area contributed by atoms with E-state index in [2.05, 4.69) is 10.1 Å². The molecular weight excluding hydrogens is 180 g/mol. The van der Waals surface area contributed by atoms with Crippen LogP contribution in [0.3, 0.4) is 0 Å². The number of fused-ring (bicyclic) bond motifs is 1. The fourth-order valence-electron chi connectivity index (χ4n) is 1.63. The van der Waals surface area contributed by atoms with Crippen LogP contribution in [0.25, 0.3) is 5.65 Å². The van der Waals surface area contributed by atoms with E-state index in [1.165, 1.54) is 23.4 Å². The number of nitrogens with one attached hydrogen (secondary N) is 1. The van der Waals surface area contributed by atoms with E-state index in [9.17, 15) is 4.79 Å². The summed E-state index contributed by atoms with van der Waals surface area (Å²) in [5, 5.41) is 3.04. The number of nitrogens with zero attached hydrogens (tertiary/aromatic N) is 2. The normalized spacial score (nSPS) is 16.3. The van der Waals surface area contributed by atoms with E-state index in [-0.39, 0.29) is 11.4 Å². The molecule has 0 saturated heterocycles. The van der Waals surface area contributed by atoms with Crippen LogP contribution in [0.2, 0.25) is 0 Å². The summed E-state index contributed by atoms with van der Waals surface area (Å²) in [6, 6.07) is 3.22. The molecule has 1 fully saturated rings. The highest BCUT2D eigenvalue weighted by atomic mass is 16.1. The van der Waals surface area contributed by atoms with E-state index in [0.29, 0.717) is 11.6 Å². The average molecular weight is 190 g/mol. The molecule has 3 rings (SSSR count). The number of anilines is 1. The zero-order valence-electron chi connectivity index (χ0n) is 7.53. The Balaban J connectivity index is 2.31. The first kappa shape index (κ1) is 7.61. The van der Waals surface area contributed by atoms with Gasteiger partial charge in [0.1, 0.15) is 5.82 Å². The summed E-state index contributed by atoms with van der Waals surface area (Å²) < 4.78 is 1.43. The van der Waals surface area contributed by atoms with Gasteiger partial charge in [0, 0.05) is 23.7 Å². The third-order valence-electron chi connectivity index (χ3n) is 2.51.